The standard InChI is InChI=1S/C28H32F2N8O6S2/c1-45(41,42)36-12-9-20(10-13-36)33-27-31-15-19-14-21(23(29)30)26(39)38(25(19)34-27)22-8-5-11-28(22,40)16-46(43,44)37-17-32-24(35-37)18-6-3-2-4-7-18/h2-4,6-7,14-15,17,20,22-23,40H,5,8-13,16H2,1H3,(H,31,33,34). The van der Waals surface area contributed by atoms with E-state index in [1.54, 1.807) is 30.3 Å². The molecule has 46 heavy (non-hydrogen) atoms. The number of nitrogens with zero attached hydrogens (tertiary/aromatic N) is 7. The Morgan fingerprint density at radius 2 is 1.80 bits per heavy atom. The van der Waals surface area contributed by atoms with Gasteiger partial charge in [0.1, 0.15) is 23.3 Å². The molecular weight excluding hydrogens is 646 g/mol. The molecule has 1 saturated carbocycles. The van der Waals surface area contributed by atoms with Crippen molar-refractivity contribution in [1.29, 1.82) is 0 Å². The summed E-state index contributed by atoms with van der Waals surface area (Å²) in [5.41, 5.74) is -3.42. The number of aliphatic hydroxyl groups is 1. The van der Waals surface area contributed by atoms with Gasteiger partial charge in [-0.05, 0) is 38.2 Å². The molecule has 14 nitrogen and oxygen atoms in total. The Bertz CT molecular complexity index is 2030. The molecule has 2 atom stereocenters. The Balaban J connectivity index is 1.34. The normalized spacial score (nSPS) is 21.7. The van der Waals surface area contributed by atoms with Crippen molar-refractivity contribution in [3.63, 3.8) is 0 Å². The fourth-order valence-corrected chi connectivity index (χ4v) is 8.60. The molecule has 1 saturated heterocycles. The molecule has 0 spiro atoms. The fraction of sp³-hybridized carbons (Fsp3) is 0.464. The van der Waals surface area contributed by atoms with Gasteiger partial charge in [0.25, 0.3) is 22.0 Å². The van der Waals surface area contributed by atoms with Gasteiger partial charge in [0, 0.05) is 36.3 Å². The monoisotopic (exact) mass is 678 g/mol. The number of hydrogen-bond donors (Lipinski definition) is 2. The highest BCUT2D eigenvalue weighted by molar-refractivity contribution is 7.89. The predicted molar refractivity (Wildman–Crippen MR) is 164 cm³/mol. The predicted octanol–water partition coefficient (Wildman–Crippen LogP) is 2.16. The van der Waals surface area contributed by atoms with E-state index in [2.05, 4.69) is 25.4 Å². The largest absolute Gasteiger partial charge is 0.387 e. The third kappa shape index (κ3) is 6.25. The second-order valence-electron chi connectivity index (χ2n) is 11.7. The maximum absolute atomic E-state index is 14.1. The van der Waals surface area contributed by atoms with E-state index in [1.165, 1.54) is 10.5 Å². The van der Waals surface area contributed by atoms with Crippen LogP contribution in [0.1, 0.15) is 50.1 Å². The molecule has 2 unspecified atom stereocenters. The molecule has 18 heteroatoms. The molecule has 2 N–H and O–H groups in total. The maximum atomic E-state index is 14.1. The van der Waals surface area contributed by atoms with Gasteiger partial charge in [-0.3, -0.25) is 9.36 Å². The Labute approximate surface area is 263 Å². The van der Waals surface area contributed by atoms with Gasteiger partial charge < -0.3 is 10.4 Å². The minimum Gasteiger partial charge on any atom is -0.387 e. The molecule has 0 bridgehead atoms. The van der Waals surface area contributed by atoms with Crippen molar-refractivity contribution in [2.24, 2.45) is 0 Å². The summed E-state index contributed by atoms with van der Waals surface area (Å²) in [5, 5.41) is 19.2. The molecule has 1 aromatic carbocycles. The van der Waals surface area contributed by atoms with Gasteiger partial charge in [-0.2, -0.15) is 4.98 Å². The van der Waals surface area contributed by atoms with Gasteiger partial charge in [-0.1, -0.05) is 30.3 Å². The summed E-state index contributed by atoms with van der Waals surface area (Å²) < 4.78 is 81.9. The minimum atomic E-state index is -4.33. The van der Waals surface area contributed by atoms with Gasteiger partial charge in [-0.15, -0.1) is 9.19 Å². The van der Waals surface area contributed by atoms with E-state index >= 15 is 0 Å². The Hall–Kier alpha value is -3.87. The summed E-state index contributed by atoms with van der Waals surface area (Å²) in [6.07, 6.45) is 1.62. The van der Waals surface area contributed by atoms with Gasteiger partial charge in [0.05, 0.1) is 17.9 Å². The number of anilines is 1. The van der Waals surface area contributed by atoms with Crippen molar-refractivity contribution in [2.45, 2.75) is 56.2 Å². The zero-order chi connectivity index (χ0) is 32.9. The summed E-state index contributed by atoms with van der Waals surface area (Å²) in [7, 11) is -7.66. The molecule has 4 heterocycles. The summed E-state index contributed by atoms with van der Waals surface area (Å²) in [6.45, 7) is 0.573. The van der Waals surface area contributed by atoms with Gasteiger partial charge >= 0.3 is 0 Å². The molecule has 1 aliphatic carbocycles. The lowest BCUT2D eigenvalue weighted by atomic mass is 9.99. The topological polar surface area (TPSA) is 182 Å². The molecule has 1 aliphatic heterocycles. The van der Waals surface area contributed by atoms with Crippen LogP contribution in [0.2, 0.25) is 0 Å². The molecular formula is C28H32F2N8O6S2. The van der Waals surface area contributed by atoms with Crippen LogP contribution < -0.4 is 10.9 Å². The molecule has 4 aromatic rings. The molecule has 3 aromatic heterocycles. The van der Waals surface area contributed by atoms with E-state index in [1.807, 2.05) is 0 Å². The first kappa shape index (κ1) is 32.1. The highest BCUT2D eigenvalue weighted by Crippen LogP contribution is 2.41. The second kappa shape index (κ2) is 12.1. The number of piperidine rings is 1. The lowest BCUT2D eigenvalue weighted by Gasteiger charge is -2.32. The zero-order valence-electron chi connectivity index (χ0n) is 24.7. The number of halogens is 2. The lowest BCUT2D eigenvalue weighted by molar-refractivity contribution is 0.0291. The molecule has 2 aliphatic rings. The van der Waals surface area contributed by atoms with Crippen LogP contribution in [-0.2, 0) is 20.0 Å². The van der Waals surface area contributed by atoms with Crippen LogP contribution in [0.4, 0.5) is 14.7 Å². The Morgan fingerprint density at radius 1 is 1.09 bits per heavy atom. The second-order valence-corrected chi connectivity index (χ2v) is 15.5. The summed E-state index contributed by atoms with van der Waals surface area (Å²) >= 11 is 0. The van der Waals surface area contributed by atoms with E-state index < -0.39 is 55.0 Å². The molecule has 6 rings (SSSR count). The number of fused-ring (bicyclic) bond motifs is 1. The van der Waals surface area contributed by atoms with E-state index in [0.29, 0.717) is 28.9 Å². The summed E-state index contributed by atoms with van der Waals surface area (Å²) in [6, 6.07) is 8.29. The van der Waals surface area contributed by atoms with Gasteiger partial charge in [0.2, 0.25) is 16.0 Å². The molecule has 2 fully saturated rings. The van der Waals surface area contributed by atoms with Crippen molar-refractivity contribution in [3.05, 3.63) is 64.8 Å². The highest BCUT2D eigenvalue weighted by atomic mass is 32.2. The molecule has 0 amide bonds. The number of aromatic nitrogens is 6. The highest BCUT2D eigenvalue weighted by Gasteiger charge is 2.47. The minimum absolute atomic E-state index is 0.0287. The first-order chi connectivity index (χ1) is 21.7. The fourth-order valence-electron chi connectivity index (χ4n) is 6.23. The first-order valence-electron chi connectivity index (χ1n) is 14.6. The van der Waals surface area contributed by atoms with Crippen LogP contribution in [0.25, 0.3) is 22.4 Å². The van der Waals surface area contributed by atoms with Crippen molar-refractivity contribution in [1.82, 2.24) is 33.0 Å². The van der Waals surface area contributed by atoms with Crippen LogP contribution in [0.3, 0.4) is 0 Å². The van der Waals surface area contributed by atoms with Crippen molar-refractivity contribution in [3.8, 4) is 11.4 Å². The van der Waals surface area contributed by atoms with Gasteiger partial charge in [-0.25, -0.2) is 39.9 Å². The zero-order valence-corrected chi connectivity index (χ0v) is 26.3. The first-order valence-corrected chi connectivity index (χ1v) is 18.1. The van der Waals surface area contributed by atoms with Crippen LogP contribution >= 0.6 is 0 Å². The third-order valence-corrected chi connectivity index (χ3v) is 11.4. The van der Waals surface area contributed by atoms with Gasteiger partial charge in [0.15, 0.2) is 5.82 Å². The van der Waals surface area contributed by atoms with Crippen LogP contribution in [0.15, 0.2) is 53.7 Å². The van der Waals surface area contributed by atoms with E-state index in [9.17, 15) is 35.5 Å². The van der Waals surface area contributed by atoms with E-state index in [-0.39, 0.29) is 54.8 Å². The Kier molecular flexibility index (Phi) is 8.41. The average molecular weight is 679 g/mol. The van der Waals surface area contributed by atoms with Crippen LogP contribution in [0.5, 0.6) is 0 Å². The number of pyridine rings is 1. The van der Waals surface area contributed by atoms with Crippen LogP contribution in [-0.4, -0.2) is 91.7 Å². The summed E-state index contributed by atoms with van der Waals surface area (Å²) in [5.74, 6) is -0.623. The van der Waals surface area contributed by atoms with Crippen molar-refractivity contribution < 1.29 is 30.7 Å². The van der Waals surface area contributed by atoms with E-state index in [4.69, 9.17) is 0 Å². The van der Waals surface area contributed by atoms with Crippen LogP contribution in [0, 0.1) is 0 Å². The molecule has 246 valence electrons. The Morgan fingerprint density at radius 3 is 2.48 bits per heavy atom. The lowest BCUT2D eigenvalue weighted by Crippen LogP contribution is -2.46. The number of nitrogens with one attached hydrogen (secondary N) is 1. The van der Waals surface area contributed by atoms with Crippen molar-refractivity contribution >= 4 is 37.0 Å². The quantitative estimate of drug-likeness (QED) is 0.265. The molecule has 0 radical (unpaired) electrons. The number of benzene rings is 1. The maximum Gasteiger partial charge on any atom is 0.269 e. The van der Waals surface area contributed by atoms with Crippen molar-refractivity contribution in [2.75, 3.05) is 30.4 Å². The third-order valence-electron chi connectivity index (χ3n) is 8.53. The average Bonchev–Trinajstić information content (AvgIpc) is 3.65. The number of sulfonamides is 1. The smallest absolute Gasteiger partial charge is 0.269 e. The summed E-state index contributed by atoms with van der Waals surface area (Å²) in [4.78, 5) is 26.4. The van der Waals surface area contributed by atoms with E-state index in [0.717, 1.165) is 23.2 Å². The number of hydrogen-bond acceptors (Lipinski definition) is 11. The number of alkyl halides is 2. The SMILES string of the molecule is CS(=O)(=O)N1CCC(Nc2ncc3cc(C(F)F)c(=O)n(C4CCCC4(O)CS(=O)(=O)n4cnc(-c5ccccc5)n4)c3n2)CC1. The number of rotatable bonds is 9.